The second-order valence-electron chi connectivity index (χ2n) is 8.48. The second-order valence-corrected chi connectivity index (χ2v) is 9.66. The molecule has 4 rings (SSSR count). The van der Waals surface area contributed by atoms with E-state index in [-0.39, 0.29) is 22.7 Å². The van der Waals surface area contributed by atoms with Crippen LogP contribution in [0.15, 0.2) is 102 Å². The Morgan fingerprint density at radius 1 is 0.846 bits per heavy atom. The highest BCUT2D eigenvalue weighted by Crippen LogP contribution is 2.37. The van der Waals surface area contributed by atoms with Gasteiger partial charge in [0.15, 0.2) is 0 Å². The third-order valence-corrected chi connectivity index (χ3v) is 7.06. The fraction of sp³-hybridized carbons (Fsp3) is 0.0690. The van der Waals surface area contributed by atoms with Crippen LogP contribution in [0.5, 0.6) is 0 Å². The number of hydrogen-bond acceptors (Lipinski definition) is 6. The van der Waals surface area contributed by atoms with Crippen molar-refractivity contribution in [2.45, 2.75) is 17.1 Å². The monoisotopic (exact) mass is 541 g/mol. The Kier molecular flexibility index (Phi) is 8.37. The Morgan fingerprint density at radius 3 is 2.13 bits per heavy atom. The van der Waals surface area contributed by atoms with Gasteiger partial charge in [0.1, 0.15) is 5.25 Å². The maximum absolute atomic E-state index is 13.4. The number of carboxylic acid groups (broad SMARTS) is 1. The molecule has 10 heteroatoms. The van der Waals surface area contributed by atoms with E-state index in [0.717, 1.165) is 10.5 Å². The summed E-state index contributed by atoms with van der Waals surface area (Å²) < 4.78 is 0. The van der Waals surface area contributed by atoms with E-state index in [1.54, 1.807) is 49.4 Å². The van der Waals surface area contributed by atoms with Crippen LogP contribution < -0.4 is 10.6 Å². The topological polar surface area (TPSA) is 139 Å². The molecule has 4 aromatic carbocycles. The van der Waals surface area contributed by atoms with Crippen LogP contribution in [-0.2, 0) is 4.79 Å². The van der Waals surface area contributed by atoms with Gasteiger partial charge in [0.2, 0.25) is 5.91 Å². The summed E-state index contributed by atoms with van der Waals surface area (Å²) in [6, 6.07) is 26.2. The van der Waals surface area contributed by atoms with Crippen LogP contribution in [0.1, 0.15) is 37.1 Å². The minimum Gasteiger partial charge on any atom is -0.478 e. The van der Waals surface area contributed by atoms with Crippen molar-refractivity contribution in [3.8, 4) is 0 Å². The van der Waals surface area contributed by atoms with Gasteiger partial charge in [-0.1, -0.05) is 48.5 Å². The Hall–Kier alpha value is -4.96. The van der Waals surface area contributed by atoms with Crippen molar-refractivity contribution >= 4 is 46.6 Å². The molecule has 0 bridgehead atoms. The second kappa shape index (κ2) is 12.1. The van der Waals surface area contributed by atoms with E-state index in [2.05, 4.69) is 10.6 Å². The van der Waals surface area contributed by atoms with Gasteiger partial charge in [-0.2, -0.15) is 0 Å². The molecule has 0 heterocycles. The van der Waals surface area contributed by atoms with E-state index < -0.39 is 22.0 Å². The SMILES string of the molecule is Cc1ccc([N+](=O)[O-])cc1NC(=O)C(Sc1ccc(NC(=O)c2ccccc2C(=O)O)cc1)c1ccccc1. The molecular weight excluding hydrogens is 518 g/mol. The van der Waals surface area contributed by atoms with Crippen molar-refractivity contribution in [2.24, 2.45) is 0 Å². The third-order valence-electron chi connectivity index (χ3n) is 5.80. The summed E-state index contributed by atoms with van der Waals surface area (Å²) in [6.45, 7) is 1.76. The maximum Gasteiger partial charge on any atom is 0.336 e. The largest absolute Gasteiger partial charge is 0.478 e. The smallest absolute Gasteiger partial charge is 0.336 e. The van der Waals surface area contributed by atoms with Crippen molar-refractivity contribution in [1.29, 1.82) is 0 Å². The average Bonchev–Trinajstić information content (AvgIpc) is 2.94. The van der Waals surface area contributed by atoms with E-state index >= 15 is 0 Å². The number of thioether (sulfide) groups is 1. The lowest BCUT2D eigenvalue weighted by atomic mass is 10.1. The first-order chi connectivity index (χ1) is 18.7. The molecule has 0 spiro atoms. The number of hydrogen-bond donors (Lipinski definition) is 3. The number of benzene rings is 4. The number of anilines is 2. The van der Waals surface area contributed by atoms with Gasteiger partial charge in [-0.3, -0.25) is 19.7 Å². The lowest BCUT2D eigenvalue weighted by molar-refractivity contribution is -0.384. The van der Waals surface area contributed by atoms with Crippen LogP contribution in [0.3, 0.4) is 0 Å². The molecule has 0 aromatic heterocycles. The summed E-state index contributed by atoms with van der Waals surface area (Å²) in [4.78, 5) is 48.9. The normalized spacial score (nSPS) is 11.3. The van der Waals surface area contributed by atoms with Crippen LogP contribution in [-0.4, -0.2) is 27.8 Å². The van der Waals surface area contributed by atoms with Gasteiger partial charge < -0.3 is 15.7 Å². The number of carboxylic acids is 1. The minimum absolute atomic E-state index is 0.0423. The molecule has 1 unspecified atom stereocenters. The molecule has 0 saturated carbocycles. The van der Waals surface area contributed by atoms with Crippen LogP contribution in [0.25, 0.3) is 0 Å². The fourth-order valence-electron chi connectivity index (χ4n) is 3.78. The number of aromatic carboxylic acids is 1. The number of carbonyl (C=O) groups excluding carboxylic acids is 2. The molecule has 9 nitrogen and oxygen atoms in total. The Morgan fingerprint density at radius 2 is 1.49 bits per heavy atom. The summed E-state index contributed by atoms with van der Waals surface area (Å²) in [7, 11) is 0. The zero-order chi connectivity index (χ0) is 27.9. The number of nitro benzene ring substituents is 1. The lowest BCUT2D eigenvalue weighted by Crippen LogP contribution is -2.19. The number of carbonyl (C=O) groups is 3. The van der Waals surface area contributed by atoms with Gasteiger partial charge in [0.05, 0.1) is 21.7 Å². The number of nitro groups is 1. The van der Waals surface area contributed by atoms with Gasteiger partial charge >= 0.3 is 5.97 Å². The molecule has 0 saturated heterocycles. The van der Waals surface area contributed by atoms with Crippen molar-refractivity contribution in [2.75, 3.05) is 10.6 Å². The van der Waals surface area contributed by atoms with Crippen LogP contribution in [0, 0.1) is 17.0 Å². The van der Waals surface area contributed by atoms with Crippen LogP contribution in [0.4, 0.5) is 17.1 Å². The first kappa shape index (κ1) is 27.1. The zero-order valence-electron chi connectivity index (χ0n) is 20.7. The van der Waals surface area contributed by atoms with E-state index in [1.165, 1.54) is 36.0 Å². The first-order valence-corrected chi connectivity index (χ1v) is 12.6. The molecular formula is C29H23N3O6S. The van der Waals surface area contributed by atoms with Crippen LogP contribution in [0.2, 0.25) is 0 Å². The summed E-state index contributed by atoms with van der Waals surface area (Å²) in [6.07, 6.45) is 0. The molecule has 1 atom stereocenters. The molecule has 4 aromatic rings. The minimum atomic E-state index is -1.20. The molecule has 2 amide bonds. The highest BCUT2D eigenvalue weighted by atomic mass is 32.2. The van der Waals surface area contributed by atoms with E-state index in [1.807, 2.05) is 30.3 Å². The first-order valence-electron chi connectivity index (χ1n) is 11.7. The summed E-state index contributed by atoms with van der Waals surface area (Å²) >= 11 is 1.28. The summed E-state index contributed by atoms with van der Waals surface area (Å²) in [5, 5.41) is 25.4. The van der Waals surface area contributed by atoms with Gasteiger partial charge in [-0.25, -0.2) is 4.79 Å². The molecule has 0 aliphatic rings. The zero-order valence-corrected chi connectivity index (χ0v) is 21.5. The summed E-state index contributed by atoms with van der Waals surface area (Å²) in [5.74, 6) is -2.10. The predicted octanol–water partition coefficient (Wildman–Crippen LogP) is 6.33. The standard InChI is InChI=1S/C29H23N3O6S/c1-18-11-14-21(32(37)38)17-25(18)31-28(34)26(19-7-3-2-4-8-19)39-22-15-12-20(13-16-22)30-27(33)23-9-5-6-10-24(23)29(35)36/h2-17,26H,1H3,(H,30,33)(H,31,34)(H,35,36). The van der Waals surface area contributed by atoms with Gasteiger partial charge in [-0.15, -0.1) is 11.8 Å². The van der Waals surface area contributed by atoms with Gasteiger partial charge in [0.25, 0.3) is 11.6 Å². The average molecular weight is 542 g/mol. The van der Waals surface area contributed by atoms with Crippen molar-refractivity contribution in [1.82, 2.24) is 0 Å². The van der Waals surface area contributed by atoms with Gasteiger partial charge in [-0.05, 0) is 54.4 Å². The number of nitrogens with one attached hydrogen (secondary N) is 2. The lowest BCUT2D eigenvalue weighted by Gasteiger charge is -2.18. The number of non-ortho nitro benzene ring substituents is 1. The van der Waals surface area contributed by atoms with Crippen molar-refractivity contribution < 1.29 is 24.4 Å². The van der Waals surface area contributed by atoms with E-state index in [9.17, 15) is 29.6 Å². The van der Waals surface area contributed by atoms with E-state index in [0.29, 0.717) is 16.9 Å². The van der Waals surface area contributed by atoms with Crippen LogP contribution >= 0.6 is 11.8 Å². The molecule has 0 aliphatic heterocycles. The Bertz CT molecular complexity index is 1540. The number of rotatable bonds is 9. The summed E-state index contributed by atoms with van der Waals surface area (Å²) in [5.41, 5.74) is 2.07. The molecule has 0 aliphatic carbocycles. The molecule has 39 heavy (non-hydrogen) atoms. The van der Waals surface area contributed by atoms with Crippen molar-refractivity contribution in [3.05, 3.63) is 129 Å². The van der Waals surface area contributed by atoms with E-state index in [4.69, 9.17) is 0 Å². The number of amides is 2. The highest BCUT2D eigenvalue weighted by molar-refractivity contribution is 8.00. The third kappa shape index (κ3) is 6.68. The fourth-order valence-corrected chi connectivity index (χ4v) is 4.80. The molecule has 0 fully saturated rings. The number of aryl methyl sites for hydroxylation is 1. The van der Waals surface area contributed by atoms with Crippen molar-refractivity contribution in [3.63, 3.8) is 0 Å². The quantitative estimate of drug-likeness (QED) is 0.128. The Labute approximate surface area is 228 Å². The highest BCUT2D eigenvalue weighted by Gasteiger charge is 2.24. The number of nitrogens with zero attached hydrogens (tertiary/aromatic N) is 1. The molecule has 0 radical (unpaired) electrons. The van der Waals surface area contributed by atoms with Gasteiger partial charge in [0, 0.05) is 22.7 Å². The predicted molar refractivity (Wildman–Crippen MR) is 149 cm³/mol. The Balaban J connectivity index is 1.53. The molecule has 196 valence electrons. The maximum atomic E-state index is 13.4. The molecule has 3 N–H and O–H groups in total.